The van der Waals surface area contributed by atoms with Gasteiger partial charge in [-0.15, -0.1) is 0 Å². The van der Waals surface area contributed by atoms with E-state index in [4.69, 9.17) is 20.8 Å². The Hall–Kier alpha value is -2.65. The number of nitrogens with one attached hydrogen (secondary N) is 1. The summed E-state index contributed by atoms with van der Waals surface area (Å²) < 4.78 is 37.9. The second-order valence-electron chi connectivity index (χ2n) is 6.67. The molecule has 2 aromatic carbocycles. The number of ether oxygens (including phenoxy) is 1. The minimum atomic E-state index is -3.78. The quantitative estimate of drug-likeness (QED) is 0.603. The predicted molar refractivity (Wildman–Crippen MR) is 115 cm³/mol. The highest BCUT2D eigenvalue weighted by Gasteiger charge is 2.28. The lowest BCUT2D eigenvalue weighted by Crippen LogP contribution is -2.40. The molecule has 0 radical (unpaired) electrons. The fourth-order valence-electron chi connectivity index (χ4n) is 3.13. The molecule has 9 heteroatoms. The van der Waals surface area contributed by atoms with Crippen LogP contribution < -0.4 is 5.32 Å². The van der Waals surface area contributed by atoms with Crippen LogP contribution in [0.4, 0.5) is 5.69 Å². The maximum atomic E-state index is 12.9. The molecule has 0 unspecified atom stereocenters. The largest absolute Gasteiger partial charge is 0.457 e. The minimum absolute atomic E-state index is 0.0508. The van der Waals surface area contributed by atoms with E-state index in [2.05, 4.69) is 5.32 Å². The number of halogens is 1. The number of morpholine rings is 1. The highest BCUT2D eigenvalue weighted by Crippen LogP contribution is 2.28. The molecule has 2 heterocycles. The number of carbonyl (C=O) groups is 1. The summed E-state index contributed by atoms with van der Waals surface area (Å²) in [6.07, 6.45) is 2.87. The van der Waals surface area contributed by atoms with E-state index < -0.39 is 15.9 Å². The molecule has 0 saturated carbocycles. The SMILES string of the molecule is O=C(/C=C/c1cc2ccccc2o1)Nc1ccc(Cl)c(S(=O)(=O)N2CCOCC2)c1. The molecule has 0 atom stereocenters. The number of furan rings is 1. The monoisotopic (exact) mass is 446 g/mol. The lowest BCUT2D eigenvalue weighted by Gasteiger charge is -2.26. The summed E-state index contributed by atoms with van der Waals surface area (Å²) in [5.74, 6) is 0.116. The number of amides is 1. The average Bonchev–Trinajstić information content (AvgIpc) is 3.17. The zero-order valence-electron chi connectivity index (χ0n) is 15.9. The zero-order valence-corrected chi connectivity index (χ0v) is 17.4. The fraction of sp³-hybridized carbons (Fsp3) is 0.190. The van der Waals surface area contributed by atoms with E-state index in [0.29, 0.717) is 24.7 Å². The van der Waals surface area contributed by atoms with Crippen molar-refractivity contribution >= 4 is 50.3 Å². The Kier molecular flexibility index (Phi) is 5.92. The van der Waals surface area contributed by atoms with Gasteiger partial charge in [-0.3, -0.25) is 4.79 Å². The molecule has 1 amide bonds. The molecule has 1 aliphatic rings. The van der Waals surface area contributed by atoms with Crippen molar-refractivity contribution in [1.82, 2.24) is 4.31 Å². The number of hydrogen-bond acceptors (Lipinski definition) is 5. The molecule has 156 valence electrons. The molecule has 1 fully saturated rings. The molecular weight excluding hydrogens is 428 g/mol. The van der Waals surface area contributed by atoms with Gasteiger partial charge < -0.3 is 14.5 Å². The van der Waals surface area contributed by atoms with Crippen molar-refractivity contribution < 1.29 is 22.4 Å². The molecule has 1 N–H and O–H groups in total. The van der Waals surface area contributed by atoms with Crippen LogP contribution in [0.1, 0.15) is 5.76 Å². The molecule has 1 aliphatic heterocycles. The molecule has 0 bridgehead atoms. The number of hydrogen-bond donors (Lipinski definition) is 1. The number of nitrogens with zero attached hydrogens (tertiary/aromatic N) is 1. The second-order valence-corrected chi connectivity index (χ2v) is 8.98. The van der Waals surface area contributed by atoms with Gasteiger partial charge in [0.15, 0.2) is 0 Å². The first-order valence-electron chi connectivity index (χ1n) is 9.28. The van der Waals surface area contributed by atoms with E-state index >= 15 is 0 Å². The first kappa shape index (κ1) is 20.6. The van der Waals surface area contributed by atoms with Gasteiger partial charge in [0, 0.05) is 30.2 Å². The molecule has 4 rings (SSSR count). The third-order valence-electron chi connectivity index (χ3n) is 4.63. The molecule has 1 saturated heterocycles. The molecule has 0 spiro atoms. The van der Waals surface area contributed by atoms with Gasteiger partial charge in [-0.2, -0.15) is 4.31 Å². The van der Waals surface area contributed by atoms with Crippen molar-refractivity contribution in [2.24, 2.45) is 0 Å². The van der Waals surface area contributed by atoms with Crippen LogP contribution in [0.2, 0.25) is 5.02 Å². The van der Waals surface area contributed by atoms with E-state index in [0.717, 1.165) is 11.0 Å². The Morgan fingerprint density at radius 1 is 1.10 bits per heavy atom. The maximum absolute atomic E-state index is 12.9. The van der Waals surface area contributed by atoms with Gasteiger partial charge in [0.2, 0.25) is 15.9 Å². The molecular formula is C21H19ClN2O5S. The third kappa shape index (κ3) is 4.41. The molecule has 1 aromatic heterocycles. The van der Waals surface area contributed by atoms with Crippen LogP contribution in [0.3, 0.4) is 0 Å². The summed E-state index contributed by atoms with van der Waals surface area (Å²) in [6, 6.07) is 13.7. The Balaban J connectivity index is 1.50. The summed E-state index contributed by atoms with van der Waals surface area (Å²) in [5, 5.41) is 3.69. The number of para-hydroxylation sites is 1. The van der Waals surface area contributed by atoms with Gasteiger partial charge in [-0.1, -0.05) is 29.8 Å². The van der Waals surface area contributed by atoms with Crippen molar-refractivity contribution in [2.45, 2.75) is 4.90 Å². The van der Waals surface area contributed by atoms with Crippen molar-refractivity contribution in [3.8, 4) is 0 Å². The van der Waals surface area contributed by atoms with Crippen molar-refractivity contribution in [3.63, 3.8) is 0 Å². The van der Waals surface area contributed by atoms with Crippen molar-refractivity contribution in [3.05, 3.63) is 65.4 Å². The first-order chi connectivity index (χ1) is 14.4. The van der Waals surface area contributed by atoms with Crippen LogP contribution in [0.25, 0.3) is 17.0 Å². The van der Waals surface area contributed by atoms with E-state index in [1.165, 1.54) is 22.5 Å². The normalized spacial score (nSPS) is 15.6. The standard InChI is InChI=1S/C21H19ClN2O5S/c22-18-7-5-16(14-20(18)30(26,27)24-9-11-28-12-10-24)23-21(25)8-6-17-13-15-3-1-2-4-19(15)29-17/h1-8,13-14H,9-12H2,(H,23,25)/b8-6+. The lowest BCUT2D eigenvalue weighted by atomic mass is 10.2. The minimum Gasteiger partial charge on any atom is -0.457 e. The Labute approximate surface area is 178 Å². The maximum Gasteiger partial charge on any atom is 0.248 e. The van der Waals surface area contributed by atoms with Crippen LogP contribution >= 0.6 is 11.6 Å². The van der Waals surface area contributed by atoms with E-state index in [-0.39, 0.29) is 23.0 Å². The highest BCUT2D eigenvalue weighted by molar-refractivity contribution is 7.89. The van der Waals surface area contributed by atoms with E-state index in [9.17, 15) is 13.2 Å². The van der Waals surface area contributed by atoms with Crippen LogP contribution in [-0.4, -0.2) is 44.9 Å². The van der Waals surface area contributed by atoms with Gasteiger partial charge in [0.05, 0.1) is 18.2 Å². The Morgan fingerprint density at radius 3 is 2.63 bits per heavy atom. The van der Waals surface area contributed by atoms with E-state index in [1.54, 1.807) is 12.1 Å². The van der Waals surface area contributed by atoms with Crippen molar-refractivity contribution in [2.75, 3.05) is 31.6 Å². The Morgan fingerprint density at radius 2 is 1.87 bits per heavy atom. The molecule has 0 aliphatic carbocycles. The highest BCUT2D eigenvalue weighted by atomic mass is 35.5. The van der Waals surface area contributed by atoms with Gasteiger partial charge in [0.1, 0.15) is 16.2 Å². The predicted octanol–water partition coefficient (Wildman–Crippen LogP) is 3.76. The number of anilines is 1. The molecule has 30 heavy (non-hydrogen) atoms. The second kappa shape index (κ2) is 8.61. The van der Waals surface area contributed by atoms with Crippen LogP contribution in [0.15, 0.2) is 63.9 Å². The van der Waals surface area contributed by atoms with Gasteiger partial charge in [-0.05, 0) is 36.4 Å². The summed E-state index contributed by atoms with van der Waals surface area (Å²) in [5.41, 5.74) is 1.05. The summed E-state index contributed by atoms with van der Waals surface area (Å²) in [6.45, 7) is 1.19. The zero-order chi connectivity index (χ0) is 21.1. The number of rotatable bonds is 5. The average molecular weight is 447 g/mol. The first-order valence-corrected chi connectivity index (χ1v) is 11.1. The van der Waals surface area contributed by atoms with Crippen LogP contribution in [0, 0.1) is 0 Å². The number of carbonyl (C=O) groups excluding carboxylic acids is 1. The molecule has 7 nitrogen and oxygen atoms in total. The molecule has 3 aromatic rings. The van der Waals surface area contributed by atoms with Gasteiger partial charge in [0.25, 0.3) is 0 Å². The van der Waals surface area contributed by atoms with Gasteiger partial charge in [-0.25, -0.2) is 8.42 Å². The topological polar surface area (TPSA) is 88.8 Å². The van der Waals surface area contributed by atoms with Crippen LogP contribution in [0.5, 0.6) is 0 Å². The summed E-state index contributed by atoms with van der Waals surface area (Å²) >= 11 is 6.14. The van der Waals surface area contributed by atoms with Crippen molar-refractivity contribution in [1.29, 1.82) is 0 Å². The lowest BCUT2D eigenvalue weighted by molar-refractivity contribution is -0.111. The Bertz CT molecular complexity index is 1180. The summed E-state index contributed by atoms with van der Waals surface area (Å²) in [4.78, 5) is 12.2. The fourth-order valence-corrected chi connectivity index (χ4v) is 5.04. The van der Waals surface area contributed by atoms with Gasteiger partial charge >= 0.3 is 0 Å². The van der Waals surface area contributed by atoms with Crippen LogP contribution in [-0.2, 0) is 19.6 Å². The van der Waals surface area contributed by atoms with E-state index in [1.807, 2.05) is 30.3 Å². The number of sulfonamides is 1. The smallest absolute Gasteiger partial charge is 0.248 e. The number of benzene rings is 2. The number of fused-ring (bicyclic) bond motifs is 1. The summed E-state index contributed by atoms with van der Waals surface area (Å²) in [7, 11) is -3.78. The third-order valence-corrected chi connectivity index (χ3v) is 7.01.